The first-order valence-electron chi connectivity index (χ1n) is 5.96. The van der Waals surface area contributed by atoms with Gasteiger partial charge in [-0.1, -0.05) is 29.8 Å². The normalized spacial score (nSPS) is 12.5. The molecule has 4 heteroatoms. The van der Waals surface area contributed by atoms with Gasteiger partial charge in [-0.3, -0.25) is 9.97 Å². The van der Waals surface area contributed by atoms with Crippen molar-refractivity contribution in [3.05, 3.63) is 71.3 Å². The van der Waals surface area contributed by atoms with Crippen LogP contribution in [-0.2, 0) is 0 Å². The van der Waals surface area contributed by atoms with Gasteiger partial charge in [0.15, 0.2) is 0 Å². The molecule has 19 heavy (non-hydrogen) atoms. The Morgan fingerprint density at radius 1 is 1.05 bits per heavy atom. The standard InChI is InChI=1S/C15H12ClN3/c16-13-5-2-7-19-15(13)14(17)12-4-1-3-10-9-18-8-6-11(10)12/h1-9,14H,17H2. The SMILES string of the molecule is NC(c1ncccc1Cl)c1cccc2cnccc12. The molecule has 3 nitrogen and oxygen atoms in total. The molecule has 3 aromatic rings. The van der Waals surface area contributed by atoms with Gasteiger partial charge in [-0.15, -0.1) is 0 Å². The number of aromatic nitrogens is 2. The molecule has 0 amide bonds. The lowest BCUT2D eigenvalue weighted by atomic mass is 9.98. The molecule has 0 bridgehead atoms. The predicted octanol–water partition coefficient (Wildman–Crippen LogP) is 3.33. The van der Waals surface area contributed by atoms with Crippen molar-refractivity contribution in [3.8, 4) is 0 Å². The number of pyridine rings is 2. The molecule has 0 spiro atoms. The highest BCUT2D eigenvalue weighted by Crippen LogP contribution is 2.29. The first kappa shape index (κ1) is 12.1. The smallest absolute Gasteiger partial charge is 0.0802 e. The van der Waals surface area contributed by atoms with Crippen LogP contribution in [0.2, 0.25) is 5.02 Å². The zero-order chi connectivity index (χ0) is 13.2. The summed E-state index contributed by atoms with van der Waals surface area (Å²) in [6, 6.07) is 11.2. The van der Waals surface area contributed by atoms with Crippen LogP contribution in [-0.4, -0.2) is 9.97 Å². The van der Waals surface area contributed by atoms with Gasteiger partial charge in [0.25, 0.3) is 0 Å². The van der Waals surface area contributed by atoms with Crippen LogP contribution in [0.3, 0.4) is 0 Å². The fourth-order valence-corrected chi connectivity index (χ4v) is 2.43. The zero-order valence-electron chi connectivity index (χ0n) is 10.1. The van der Waals surface area contributed by atoms with Crippen LogP contribution in [0.4, 0.5) is 0 Å². The van der Waals surface area contributed by atoms with Gasteiger partial charge in [0.2, 0.25) is 0 Å². The van der Waals surface area contributed by atoms with Gasteiger partial charge >= 0.3 is 0 Å². The van der Waals surface area contributed by atoms with E-state index in [0.717, 1.165) is 16.3 Å². The quantitative estimate of drug-likeness (QED) is 0.776. The van der Waals surface area contributed by atoms with Gasteiger partial charge in [-0.2, -0.15) is 0 Å². The molecule has 0 saturated heterocycles. The van der Waals surface area contributed by atoms with Crippen LogP contribution >= 0.6 is 11.6 Å². The van der Waals surface area contributed by atoms with E-state index in [1.54, 1.807) is 24.5 Å². The van der Waals surface area contributed by atoms with E-state index in [4.69, 9.17) is 17.3 Å². The van der Waals surface area contributed by atoms with E-state index in [1.165, 1.54) is 0 Å². The van der Waals surface area contributed by atoms with E-state index >= 15 is 0 Å². The number of nitrogens with zero attached hydrogens (tertiary/aromatic N) is 2. The Labute approximate surface area is 116 Å². The lowest BCUT2D eigenvalue weighted by Crippen LogP contribution is -2.14. The van der Waals surface area contributed by atoms with Crippen LogP contribution in [0.5, 0.6) is 0 Å². The third-order valence-electron chi connectivity index (χ3n) is 3.13. The second kappa shape index (κ2) is 4.96. The van der Waals surface area contributed by atoms with Crippen molar-refractivity contribution in [1.82, 2.24) is 9.97 Å². The third-order valence-corrected chi connectivity index (χ3v) is 3.45. The molecule has 0 fully saturated rings. The predicted molar refractivity (Wildman–Crippen MR) is 77.0 cm³/mol. The highest BCUT2D eigenvalue weighted by molar-refractivity contribution is 6.31. The summed E-state index contributed by atoms with van der Waals surface area (Å²) in [4.78, 5) is 8.41. The largest absolute Gasteiger partial charge is 0.319 e. The van der Waals surface area contributed by atoms with Crippen LogP contribution < -0.4 is 5.73 Å². The summed E-state index contributed by atoms with van der Waals surface area (Å²) < 4.78 is 0. The van der Waals surface area contributed by atoms with E-state index < -0.39 is 0 Å². The molecule has 2 aromatic heterocycles. The van der Waals surface area contributed by atoms with Gasteiger partial charge in [0.05, 0.1) is 16.8 Å². The summed E-state index contributed by atoms with van der Waals surface area (Å²) in [6.07, 6.45) is 5.29. The minimum absolute atomic E-state index is 0.347. The minimum atomic E-state index is -0.347. The molecule has 2 heterocycles. The van der Waals surface area contributed by atoms with Crippen LogP contribution in [0.1, 0.15) is 17.3 Å². The Kier molecular flexibility index (Phi) is 3.15. The Morgan fingerprint density at radius 3 is 2.79 bits per heavy atom. The highest BCUT2D eigenvalue weighted by atomic mass is 35.5. The fourth-order valence-electron chi connectivity index (χ4n) is 2.19. The maximum absolute atomic E-state index is 6.32. The Hall–Kier alpha value is -1.97. The van der Waals surface area contributed by atoms with Crippen LogP contribution in [0, 0.1) is 0 Å². The van der Waals surface area contributed by atoms with Gasteiger partial charge in [-0.25, -0.2) is 0 Å². The van der Waals surface area contributed by atoms with E-state index in [9.17, 15) is 0 Å². The number of benzene rings is 1. The zero-order valence-corrected chi connectivity index (χ0v) is 10.9. The van der Waals surface area contributed by atoms with Crippen molar-refractivity contribution in [2.45, 2.75) is 6.04 Å². The molecule has 0 radical (unpaired) electrons. The molecular weight excluding hydrogens is 258 g/mol. The van der Waals surface area contributed by atoms with Crippen molar-refractivity contribution in [3.63, 3.8) is 0 Å². The van der Waals surface area contributed by atoms with Crippen molar-refractivity contribution in [1.29, 1.82) is 0 Å². The summed E-state index contributed by atoms with van der Waals surface area (Å²) >= 11 is 6.17. The number of hydrogen-bond donors (Lipinski definition) is 1. The molecular formula is C15H12ClN3. The summed E-state index contributed by atoms with van der Waals surface area (Å²) in [6.45, 7) is 0. The number of hydrogen-bond acceptors (Lipinski definition) is 3. The van der Waals surface area contributed by atoms with E-state index in [0.29, 0.717) is 10.7 Å². The molecule has 0 aliphatic carbocycles. The van der Waals surface area contributed by atoms with E-state index in [2.05, 4.69) is 9.97 Å². The van der Waals surface area contributed by atoms with Crippen LogP contribution in [0.15, 0.2) is 55.0 Å². The van der Waals surface area contributed by atoms with Crippen molar-refractivity contribution in [2.75, 3.05) is 0 Å². The molecule has 0 aliphatic heterocycles. The van der Waals surface area contributed by atoms with Gasteiger partial charge in [0, 0.05) is 24.0 Å². The monoisotopic (exact) mass is 269 g/mol. The molecule has 3 rings (SSSR count). The highest BCUT2D eigenvalue weighted by Gasteiger charge is 2.15. The van der Waals surface area contributed by atoms with E-state index in [1.807, 2.05) is 30.5 Å². The molecule has 1 unspecified atom stereocenters. The Balaban J connectivity index is 2.17. The summed E-state index contributed by atoms with van der Waals surface area (Å²) in [7, 11) is 0. The molecule has 2 N–H and O–H groups in total. The fraction of sp³-hybridized carbons (Fsp3) is 0.0667. The lowest BCUT2D eigenvalue weighted by Gasteiger charge is -2.15. The second-order valence-electron chi connectivity index (χ2n) is 4.29. The summed E-state index contributed by atoms with van der Waals surface area (Å²) in [5.41, 5.74) is 8.00. The average molecular weight is 270 g/mol. The van der Waals surface area contributed by atoms with Crippen molar-refractivity contribution in [2.24, 2.45) is 5.73 Å². The maximum Gasteiger partial charge on any atom is 0.0802 e. The molecule has 0 aliphatic rings. The molecule has 1 atom stereocenters. The summed E-state index contributed by atoms with van der Waals surface area (Å²) in [5.74, 6) is 0. The number of halogens is 1. The maximum atomic E-state index is 6.32. The average Bonchev–Trinajstić information content (AvgIpc) is 2.46. The lowest BCUT2D eigenvalue weighted by molar-refractivity contribution is 0.836. The second-order valence-corrected chi connectivity index (χ2v) is 4.70. The van der Waals surface area contributed by atoms with Gasteiger partial charge < -0.3 is 5.73 Å². The van der Waals surface area contributed by atoms with Crippen LogP contribution in [0.25, 0.3) is 10.8 Å². The number of rotatable bonds is 2. The first-order valence-corrected chi connectivity index (χ1v) is 6.34. The molecule has 1 aromatic carbocycles. The number of fused-ring (bicyclic) bond motifs is 1. The first-order chi connectivity index (χ1) is 9.27. The third kappa shape index (κ3) is 2.18. The Morgan fingerprint density at radius 2 is 1.95 bits per heavy atom. The minimum Gasteiger partial charge on any atom is -0.319 e. The Bertz CT molecular complexity index is 722. The number of nitrogens with two attached hydrogens (primary N) is 1. The molecule has 94 valence electrons. The van der Waals surface area contributed by atoms with Gasteiger partial charge in [-0.05, 0) is 29.1 Å². The topological polar surface area (TPSA) is 51.8 Å². The molecule has 0 saturated carbocycles. The summed E-state index contributed by atoms with van der Waals surface area (Å²) in [5, 5.41) is 2.72. The van der Waals surface area contributed by atoms with Crippen molar-refractivity contribution >= 4 is 22.4 Å². The van der Waals surface area contributed by atoms with Gasteiger partial charge in [0.1, 0.15) is 0 Å². The van der Waals surface area contributed by atoms with E-state index in [-0.39, 0.29) is 6.04 Å². The van der Waals surface area contributed by atoms with Crippen molar-refractivity contribution < 1.29 is 0 Å².